The third-order valence-corrected chi connectivity index (χ3v) is 5.00. The predicted octanol–water partition coefficient (Wildman–Crippen LogP) is 2.78. The molecule has 0 aliphatic carbocycles. The van der Waals surface area contributed by atoms with E-state index >= 15 is 0 Å². The SMILES string of the molecule is COC(=O)c1ccc(N)c(N2CCSC(C)(C)CC2)c1. The third-order valence-electron chi connectivity index (χ3n) is 3.63. The van der Waals surface area contributed by atoms with E-state index in [1.54, 1.807) is 12.1 Å². The second kappa shape index (κ2) is 5.95. The van der Waals surface area contributed by atoms with Crippen LogP contribution in [0.15, 0.2) is 18.2 Å². The molecule has 0 unspecified atom stereocenters. The number of thioether (sulfide) groups is 1. The van der Waals surface area contributed by atoms with E-state index in [0.29, 0.717) is 16.0 Å². The van der Waals surface area contributed by atoms with Gasteiger partial charge in [0, 0.05) is 23.6 Å². The third kappa shape index (κ3) is 3.39. The molecule has 0 radical (unpaired) electrons. The highest BCUT2D eigenvalue weighted by atomic mass is 32.2. The van der Waals surface area contributed by atoms with Crippen LogP contribution in [0.3, 0.4) is 0 Å². The second-order valence-electron chi connectivity index (χ2n) is 5.61. The first-order valence-corrected chi connectivity index (χ1v) is 7.78. The Bertz CT molecular complexity index is 503. The van der Waals surface area contributed by atoms with Gasteiger partial charge in [0.05, 0.1) is 24.0 Å². The van der Waals surface area contributed by atoms with Crippen molar-refractivity contribution >= 4 is 29.1 Å². The molecule has 0 saturated carbocycles. The number of carbonyl (C=O) groups is 1. The van der Waals surface area contributed by atoms with Crippen molar-refractivity contribution in [2.75, 3.05) is 36.6 Å². The van der Waals surface area contributed by atoms with Gasteiger partial charge in [-0.2, -0.15) is 11.8 Å². The van der Waals surface area contributed by atoms with Crippen molar-refractivity contribution in [1.29, 1.82) is 0 Å². The molecule has 110 valence electrons. The predicted molar refractivity (Wildman–Crippen MR) is 85.6 cm³/mol. The normalized spacial score (nSPS) is 18.4. The number of ether oxygens (including phenoxy) is 1. The van der Waals surface area contributed by atoms with E-state index < -0.39 is 0 Å². The number of hydrogen-bond acceptors (Lipinski definition) is 5. The van der Waals surface area contributed by atoms with Gasteiger partial charge in [-0.05, 0) is 24.6 Å². The van der Waals surface area contributed by atoms with Gasteiger partial charge in [0.1, 0.15) is 0 Å². The molecule has 1 heterocycles. The van der Waals surface area contributed by atoms with Crippen molar-refractivity contribution in [2.24, 2.45) is 0 Å². The maximum Gasteiger partial charge on any atom is 0.337 e. The number of nitrogens with two attached hydrogens (primary N) is 1. The molecule has 0 atom stereocenters. The van der Waals surface area contributed by atoms with Gasteiger partial charge in [-0.15, -0.1) is 0 Å². The summed E-state index contributed by atoms with van der Waals surface area (Å²) in [6, 6.07) is 5.33. The number of rotatable bonds is 2. The Kier molecular flexibility index (Phi) is 4.48. The summed E-state index contributed by atoms with van der Waals surface area (Å²) < 4.78 is 5.07. The number of nitrogen functional groups attached to an aromatic ring is 1. The minimum atomic E-state index is -0.323. The molecule has 0 spiro atoms. The van der Waals surface area contributed by atoms with E-state index in [1.807, 2.05) is 17.8 Å². The van der Waals surface area contributed by atoms with Crippen molar-refractivity contribution in [3.05, 3.63) is 23.8 Å². The Morgan fingerprint density at radius 1 is 1.40 bits per heavy atom. The number of esters is 1. The van der Waals surface area contributed by atoms with Gasteiger partial charge in [-0.25, -0.2) is 4.79 Å². The van der Waals surface area contributed by atoms with Crippen LogP contribution >= 0.6 is 11.8 Å². The van der Waals surface area contributed by atoms with Gasteiger partial charge in [0.15, 0.2) is 0 Å². The molecule has 1 aromatic rings. The summed E-state index contributed by atoms with van der Waals surface area (Å²) in [6.07, 6.45) is 1.10. The lowest BCUT2D eigenvalue weighted by Gasteiger charge is -2.25. The molecule has 1 aliphatic heterocycles. The number of hydrogen-bond donors (Lipinski definition) is 1. The summed E-state index contributed by atoms with van der Waals surface area (Å²) in [5, 5.41) is 0. The summed E-state index contributed by atoms with van der Waals surface area (Å²) in [5.74, 6) is 0.741. The Labute approximate surface area is 124 Å². The fourth-order valence-corrected chi connectivity index (χ4v) is 3.42. The van der Waals surface area contributed by atoms with Gasteiger partial charge in [-0.1, -0.05) is 13.8 Å². The highest BCUT2D eigenvalue weighted by molar-refractivity contribution is 8.00. The molecule has 1 aromatic carbocycles. The number of nitrogens with zero attached hydrogens (tertiary/aromatic N) is 1. The quantitative estimate of drug-likeness (QED) is 0.671. The first kappa shape index (κ1) is 15.0. The number of benzene rings is 1. The number of methoxy groups -OCH3 is 1. The average Bonchev–Trinajstić information content (AvgIpc) is 2.59. The molecule has 5 heteroatoms. The summed E-state index contributed by atoms with van der Waals surface area (Å²) in [7, 11) is 1.39. The fourth-order valence-electron chi connectivity index (χ4n) is 2.32. The Balaban J connectivity index is 2.25. The van der Waals surface area contributed by atoms with Crippen LogP contribution in [0.1, 0.15) is 30.6 Å². The van der Waals surface area contributed by atoms with Gasteiger partial charge in [0.2, 0.25) is 0 Å². The van der Waals surface area contributed by atoms with Crippen LogP contribution in [0.2, 0.25) is 0 Å². The first-order chi connectivity index (χ1) is 9.43. The van der Waals surface area contributed by atoms with Crippen LogP contribution in [0.25, 0.3) is 0 Å². The molecule has 1 aliphatic rings. The highest BCUT2D eigenvalue weighted by Crippen LogP contribution is 2.34. The van der Waals surface area contributed by atoms with Crippen LogP contribution in [0.4, 0.5) is 11.4 Å². The molecule has 1 fully saturated rings. The van der Waals surface area contributed by atoms with Gasteiger partial charge >= 0.3 is 5.97 Å². The maximum atomic E-state index is 11.6. The van der Waals surface area contributed by atoms with Crippen molar-refractivity contribution in [3.63, 3.8) is 0 Å². The monoisotopic (exact) mass is 294 g/mol. The summed E-state index contributed by atoms with van der Waals surface area (Å²) in [6.45, 7) is 6.45. The van der Waals surface area contributed by atoms with Crippen LogP contribution < -0.4 is 10.6 Å². The molecule has 0 amide bonds. The number of carbonyl (C=O) groups excluding carboxylic acids is 1. The van der Waals surface area contributed by atoms with Crippen LogP contribution in [-0.2, 0) is 4.74 Å². The van der Waals surface area contributed by atoms with Crippen molar-refractivity contribution in [1.82, 2.24) is 0 Å². The fraction of sp³-hybridized carbons (Fsp3) is 0.533. The zero-order valence-corrected chi connectivity index (χ0v) is 13.1. The van der Waals surface area contributed by atoms with Gasteiger partial charge in [0.25, 0.3) is 0 Å². The Morgan fingerprint density at radius 3 is 2.85 bits per heavy atom. The van der Waals surface area contributed by atoms with Crippen molar-refractivity contribution < 1.29 is 9.53 Å². The van der Waals surface area contributed by atoms with Crippen molar-refractivity contribution in [3.8, 4) is 0 Å². The Morgan fingerprint density at radius 2 is 2.15 bits per heavy atom. The molecule has 4 nitrogen and oxygen atoms in total. The zero-order chi connectivity index (χ0) is 14.8. The summed E-state index contributed by atoms with van der Waals surface area (Å²) >= 11 is 1.99. The van der Waals surface area contributed by atoms with E-state index in [9.17, 15) is 4.79 Å². The lowest BCUT2D eigenvalue weighted by Crippen LogP contribution is -2.28. The molecule has 0 bridgehead atoms. The minimum absolute atomic E-state index is 0.295. The van der Waals surface area contributed by atoms with Crippen LogP contribution in [0, 0.1) is 0 Å². The smallest absolute Gasteiger partial charge is 0.337 e. The van der Waals surface area contributed by atoms with E-state index in [-0.39, 0.29) is 5.97 Å². The summed E-state index contributed by atoms with van der Waals surface area (Å²) in [5.41, 5.74) is 8.28. The molecule has 1 saturated heterocycles. The molecule has 2 N–H and O–H groups in total. The molecule has 20 heavy (non-hydrogen) atoms. The van der Waals surface area contributed by atoms with Crippen molar-refractivity contribution in [2.45, 2.75) is 25.0 Å². The maximum absolute atomic E-state index is 11.6. The Hall–Kier alpha value is -1.36. The van der Waals surface area contributed by atoms with E-state index in [0.717, 1.165) is 31.0 Å². The van der Waals surface area contributed by atoms with Gasteiger partial charge in [-0.3, -0.25) is 0 Å². The standard InChI is InChI=1S/C15H22N2O2S/c1-15(2)6-7-17(8-9-20-15)13-10-11(14(18)19-3)4-5-12(13)16/h4-5,10H,6-9,16H2,1-3H3. The first-order valence-electron chi connectivity index (χ1n) is 6.80. The van der Waals surface area contributed by atoms with Crippen LogP contribution in [0.5, 0.6) is 0 Å². The lowest BCUT2D eigenvalue weighted by molar-refractivity contribution is 0.0601. The second-order valence-corrected chi connectivity index (χ2v) is 7.41. The average molecular weight is 294 g/mol. The van der Waals surface area contributed by atoms with E-state index in [2.05, 4.69) is 18.7 Å². The van der Waals surface area contributed by atoms with Gasteiger partial charge < -0.3 is 15.4 Å². The van der Waals surface area contributed by atoms with Crippen LogP contribution in [-0.4, -0.2) is 36.7 Å². The lowest BCUT2D eigenvalue weighted by atomic mass is 10.1. The molecular weight excluding hydrogens is 272 g/mol. The molecule has 2 rings (SSSR count). The largest absolute Gasteiger partial charge is 0.465 e. The summed E-state index contributed by atoms with van der Waals surface area (Å²) in [4.78, 5) is 13.9. The molecule has 0 aromatic heterocycles. The highest BCUT2D eigenvalue weighted by Gasteiger charge is 2.24. The minimum Gasteiger partial charge on any atom is -0.465 e. The topological polar surface area (TPSA) is 55.6 Å². The van der Waals surface area contributed by atoms with E-state index in [4.69, 9.17) is 10.5 Å². The molecular formula is C15H22N2O2S. The number of anilines is 2. The zero-order valence-electron chi connectivity index (χ0n) is 12.3. The van der Waals surface area contributed by atoms with E-state index in [1.165, 1.54) is 7.11 Å².